The highest BCUT2D eigenvalue weighted by Gasteiger charge is 2.62. The fourth-order valence-electron chi connectivity index (χ4n) is 7.41. The normalized spacial score (nSPS) is 39.1. The highest BCUT2D eigenvalue weighted by molar-refractivity contribution is 5.87. The molecule has 0 aromatic heterocycles. The van der Waals surface area contributed by atoms with Gasteiger partial charge in [0.25, 0.3) is 0 Å². The molecule has 64 heavy (non-hydrogen) atoms. The lowest BCUT2D eigenvalue weighted by molar-refractivity contribution is -0.400. The number of aliphatic hydroxyl groups excluding tert-OH is 9. The maximum atomic E-state index is 13.3. The summed E-state index contributed by atoms with van der Waals surface area (Å²) in [6.45, 7) is -3.18. The van der Waals surface area contributed by atoms with Crippen molar-refractivity contribution in [2.45, 2.75) is 110 Å². The van der Waals surface area contributed by atoms with E-state index in [9.17, 15) is 70.9 Å². The van der Waals surface area contributed by atoms with Crippen molar-refractivity contribution >= 4 is 24.1 Å². The predicted molar refractivity (Wildman–Crippen MR) is 209 cm³/mol. The number of phenols is 2. The predicted octanol–water partition coefficient (Wildman–Crippen LogP) is -4.14. The summed E-state index contributed by atoms with van der Waals surface area (Å²) in [6.07, 6.45) is -22.5. The molecular formula is C41H52O23. The Morgan fingerprint density at radius 3 is 1.77 bits per heavy atom. The van der Waals surface area contributed by atoms with Gasteiger partial charge in [0, 0.05) is 12.2 Å². The number of carbonyl (C=O) groups is 2. The van der Waals surface area contributed by atoms with Crippen LogP contribution in [0.25, 0.3) is 12.2 Å². The fraction of sp³-hybridized carbons (Fsp3) is 0.561. The van der Waals surface area contributed by atoms with Gasteiger partial charge in [-0.05, 0) is 54.5 Å². The summed E-state index contributed by atoms with van der Waals surface area (Å²) < 4.78 is 51.3. The molecule has 0 saturated carbocycles. The summed E-state index contributed by atoms with van der Waals surface area (Å²) in [6, 6.07) is 11.3. The molecular weight excluding hydrogens is 860 g/mol. The van der Waals surface area contributed by atoms with Crippen molar-refractivity contribution in [3.05, 3.63) is 71.8 Å². The Morgan fingerprint density at radius 1 is 0.672 bits per heavy atom. The van der Waals surface area contributed by atoms with Crippen molar-refractivity contribution in [2.75, 3.05) is 33.0 Å². The van der Waals surface area contributed by atoms with Crippen LogP contribution in [0.4, 0.5) is 0 Å². The molecule has 23 nitrogen and oxygen atoms in total. The highest BCUT2D eigenvalue weighted by atomic mass is 16.8. The van der Waals surface area contributed by atoms with Gasteiger partial charge in [0.2, 0.25) is 5.79 Å². The van der Waals surface area contributed by atoms with Crippen LogP contribution < -0.4 is 0 Å². The molecule has 0 bridgehead atoms. The molecule has 354 valence electrons. The minimum absolute atomic E-state index is 0.0364. The van der Waals surface area contributed by atoms with Crippen LogP contribution in [0.5, 0.6) is 11.5 Å². The summed E-state index contributed by atoms with van der Waals surface area (Å²) in [5, 5.41) is 126. The molecule has 2 aromatic rings. The fourth-order valence-corrected chi connectivity index (χ4v) is 7.41. The molecule has 4 aliphatic heterocycles. The lowest BCUT2D eigenvalue weighted by atomic mass is 9.96. The zero-order valence-corrected chi connectivity index (χ0v) is 34.0. The van der Waals surface area contributed by atoms with Crippen molar-refractivity contribution < 1.29 is 113 Å². The maximum Gasteiger partial charge on any atom is 0.331 e. The van der Waals surface area contributed by atoms with Crippen molar-refractivity contribution in [1.29, 1.82) is 0 Å². The molecule has 4 fully saturated rings. The molecule has 4 aliphatic rings. The van der Waals surface area contributed by atoms with Gasteiger partial charge in [-0.3, -0.25) is 0 Å². The van der Waals surface area contributed by atoms with E-state index in [0.29, 0.717) is 11.1 Å². The second-order valence-electron chi connectivity index (χ2n) is 15.5. The zero-order chi connectivity index (χ0) is 46.5. The van der Waals surface area contributed by atoms with E-state index >= 15 is 0 Å². The average Bonchev–Trinajstić information content (AvgIpc) is 3.72. The van der Waals surface area contributed by atoms with Gasteiger partial charge in [-0.25, -0.2) is 9.59 Å². The topological polar surface area (TPSA) is 360 Å². The molecule has 4 heterocycles. The van der Waals surface area contributed by atoms with Crippen molar-refractivity contribution in [3.63, 3.8) is 0 Å². The third kappa shape index (κ3) is 10.7. The number of hydrogen-bond donors (Lipinski definition) is 12. The Labute approximate surface area is 364 Å². The van der Waals surface area contributed by atoms with Crippen LogP contribution >= 0.6 is 0 Å². The number of ether oxygens (including phenoxy) is 9. The van der Waals surface area contributed by atoms with Gasteiger partial charge < -0.3 is 104 Å². The van der Waals surface area contributed by atoms with Gasteiger partial charge >= 0.3 is 11.9 Å². The minimum atomic E-state index is -2.62. The Hall–Kier alpha value is -4.22. The molecule has 2 aromatic carbocycles. The first-order valence-corrected chi connectivity index (χ1v) is 20.0. The highest BCUT2D eigenvalue weighted by Crippen LogP contribution is 2.40. The van der Waals surface area contributed by atoms with E-state index in [-0.39, 0.29) is 11.5 Å². The first-order chi connectivity index (χ1) is 30.5. The molecule has 0 aliphatic carbocycles. The third-order valence-corrected chi connectivity index (χ3v) is 11.0. The van der Waals surface area contributed by atoms with Crippen LogP contribution in [0.3, 0.4) is 0 Å². The van der Waals surface area contributed by atoms with Crippen molar-refractivity contribution in [2.24, 2.45) is 0 Å². The SMILES string of the molecule is C[C@@H]1O[C@@H](O[C@@H]2[C@@H](O)[C@@H](O[C@]3(CO)O[C@H](CO)[C@@H](O)[C@@H]3OC(=O)/C=C/c3ccc(O)cc3)O[C@H](CO)[C@H]2OC(=O)/C=C/c2ccc(O)cc2)[C@H](O)[C@H](O)[C@H]1O[C@@H]1OC[C@](O)(CO)[C@H]1O. The number of phenolic OH excluding ortho intramolecular Hbond substituents is 2. The number of rotatable bonds is 16. The standard InChI is InChI=1S/C41H52O23/c1-19-32(61-39-35(54)40(55,16-44)18-56-39)29(51)30(52)37(57-19)62-34-31(53)38(58-25(15-43)33(34)59-26(48)12-6-20-2-8-22(46)9-3-20)64-41(17-45)36(28(50)24(14-42)63-41)60-27(49)13-7-21-4-10-23(47)11-5-21/h2-13,19,24-25,28-39,42-47,50-55H,14-18H2,1H3/b12-6+,13-7+/t19-,24+,25+,28+,29-,30+,31+,32-,33+,34+,35-,36-,37-,38+,39-,40+,41-/m0/s1. The minimum Gasteiger partial charge on any atom is -0.508 e. The van der Waals surface area contributed by atoms with Gasteiger partial charge in [-0.1, -0.05) is 24.3 Å². The Morgan fingerprint density at radius 2 is 1.23 bits per heavy atom. The van der Waals surface area contributed by atoms with Gasteiger partial charge in [0.1, 0.15) is 78.6 Å². The quantitative estimate of drug-likeness (QED) is 0.0562. The van der Waals surface area contributed by atoms with Crippen LogP contribution in [0.2, 0.25) is 0 Å². The summed E-state index contributed by atoms with van der Waals surface area (Å²) in [5.74, 6) is -4.89. The van der Waals surface area contributed by atoms with Crippen LogP contribution in [0.1, 0.15) is 18.1 Å². The monoisotopic (exact) mass is 912 g/mol. The van der Waals surface area contributed by atoms with Crippen LogP contribution in [-0.2, 0) is 52.2 Å². The molecule has 6 rings (SSSR count). The zero-order valence-electron chi connectivity index (χ0n) is 34.0. The largest absolute Gasteiger partial charge is 0.508 e. The molecule has 17 atom stereocenters. The summed E-state index contributed by atoms with van der Waals surface area (Å²) in [4.78, 5) is 26.3. The first-order valence-electron chi connectivity index (χ1n) is 20.0. The van der Waals surface area contributed by atoms with E-state index in [1.165, 1.54) is 67.6 Å². The van der Waals surface area contributed by atoms with Gasteiger partial charge in [0.15, 0.2) is 31.1 Å². The second-order valence-corrected chi connectivity index (χ2v) is 15.5. The van der Waals surface area contributed by atoms with E-state index in [4.69, 9.17) is 42.6 Å². The molecule has 0 unspecified atom stereocenters. The smallest absolute Gasteiger partial charge is 0.331 e. The lowest BCUT2D eigenvalue weighted by Gasteiger charge is -2.48. The van der Waals surface area contributed by atoms with E-state index in [1.807, 2.05) is 0 Å². The average molecular weight is 913 g/mol. The lowest BCUT2D eigenvalue weighted by Crippen LogP contribution is -2.67. The van der Waals surface area contributed by atoms with E-state index in [0.717, 1.165) is 12.2 Å². The number of benzene rings is 2. The molecule has 4 saturated heterocycles. The third-order valence-electron chi connectivity index (χ3n) is 11.0. The molecule has 0 radical (unpaired) electrons. The van der Waals surface area contributed by atoms with Crippen LogP contribution in [-0.4, -0.2) is 210 Å². The molecule has 23 heteroatoms. The first kappa shape index (κ1) is 49.2. The number of aromatic hydroxyl groups is 2. The van der Waals surface area contributed by atoms with E-state index < -0.39 is 148 Å². The summed E-state index contributed by atoms with van der Waals surface area (Å²) in [7, 11) is 0. The van der Waals surface area contributed by atoms with Crippen LogP contribution in [0.15, 0.2) is 60.7 Å². The number of carbonyl (C=O) groups excluding carboxylic acids is 2. The van der Waals surface area contributed by atoms with Gasteiger partial charge in [-0.15, -0.1) is 0 Å². The Bertz CT molecular complexity index is 1910. The van der Waals surface area contributed by atoms with E-state index in [2.05, 4.69) is 0 Å². The maximum absolute atomic E-state index is 13.3. The van der Waals surface area contributed by atoms with Crippen LogP contribution in [0, 0.1) is 0 Å². The number of hydrogen-bond acceptors (Lipinski definition) is 23. The number of esters is 2. The Kier molecular flexibility index (Phi) is 16.1. The molecule has 0 amide bonds. The molecule has 12 N–H and O–H groups in total. The molecule has 0 spiro atoms. The second kappa shape index (κ2) is 21.0. The van der Waals surface area contributed by atoms with Crippen molar-refractivity contribution in [1.82, 2.24) is 0 Å². The van der Waals surface area contributed by atoms with Crippen molar-refractivity contribution in [3.8, 4) is 11.5 Å². The summed E-state index contributed by atoms with van der Waals surface area (Å²) in [5.41, 5.74) is -1.19. The summed E-state index contributed by atoms with van der Waals surface area (Å²) >= 11 is 0. The number of aliphatic hydroxyl groups is 10. The Balaban J connectivity index is 1.26. The van der Waals surface area contributed by atoms with E-state index in [1.54, 1.807) is 0 Å². The van der Waals surface area contributed by atoms with Gasteiger partial charge in [0.05, 0.1) is 32.5 Å². The van der Waals surface area contributed by atoms with Gasteiger partial charge in [-0.2, -0.15) is 0 Å².